The highest BCUT2D eigenvalue weighted by Gasteiger charge is 2.33. The number of carbonyl (C=O) groups is 1. The van der Waals surface area contributed by atoms with Crippen molar-refractivity contribution in [2.24, 2.45) is 5.41 Å². The van der Waals surface area contributed by atoms with Crippen LogP contribution < -0.4 is 0 Å². The van der Waals surface area contributed by atoms with Crippen LogP contribution in [-0.4, -0.2) is 34.9 Å². The van der Waals surface area contributed by atoms with E-state index >= 15 is 0 Å². The first-order valence-electron chi connectivity index (χ1n) is 7.91. The minimum absolute atomic E-state index is 0.111. The number of nitrogens with zero attached hydrogens (tertiary/aromatic N) is 2. The molecule has 0 N–H and O–H groups in total. The molecular weight excluding hydrogens is 248 g/mol. The molecule has 3 nitrogen and oxygen atoms in total. The Kier molecular flexibility index (Phi) is 3.49. The summed E-state index contributed by atoms with van der Waals surface area (Å²) in [6.45, 7) is 11.2. The summed E-state index contributed by atoms with van der Waals surface area (Å²) in [6, 6.07) is 2.11. The van der Waals surface area contributed by atoms with Crippen molar-refractivity contribution >= 4 is 5.78 Å². The molecule has 0 aromatic carbocycles. The minimum atomic E-state index is 0.111. The van der Waals surface area contributed by atoms with Crippen LogP contribution in [0.15, 0.2) is 6.07 Å². The van der Waals surface area contributed by atoms with E-state index < -0.39 is 0 Å². The van der Waals surface area contributed by atoms with E-state index in [1.807, 2.05) is 0 Å². The lowest BCUT2D eigenvalue weighted by molar-refractivity contribution is 0.0909. The molecule has 1 aliphatic carbocycles. The lowest BCUT2D eigenvalue weighted by atomic mass is 9.76. The van der Waals surface area contributed by atoms with E-state index in [0.29, 0.717) is 12.2 Å². The maximum Gasteiger partial charge on any atom is 0.165 e. The van der Waals surface area contributed by atoms with E-state index in [-0.39, 0.29) is 5.41 Å². The Morgan fingerprint density at radius 3 is 2.55 bits per heavy atom. The van der Waals surface area contributed by atoms with Crippen LogP contribution in [0, 0.1) is 12.3 Å². The van der Waals surface area contributed by atoms with Crippen LogP contribution in [0.4, 0.5) is 0 Å². The third kappa shape index (κ3) is 2.56. The first-order valence-corrected chi connectivity index (χ1v) is 7.91. The molecule has 0 spiro atoms. The fourth-order valence-electron chi connectivity index (χ4n) is 3.77. The van der Waals surface area contributed by atoms with E-state index in [1.165, 1.54) is 37.3 Å². The SMILES string of the molecule is Cc1cc2c(n1CCN1CCCC1)CC(C)(C)CC2=O. The predicted octanol–water partition coefficient (Wildman–Crippen LogP) is 3.05. The number of aromatic nitrogens is 1. The topological polar surface area (TPSA) is 25.2 Å². The Morgan fingerprint density at radius 1 is 1.15 bits per heavy atom. The minimum Gasteiger partial charge on any atom is -0.347 e. The molecule has 1 aromatic heterocycles. The maximum absolute atomic E-state index is 12.3. The molecule has 1 fully saturated rings. The van der Waals surface area contributed by atoms with Gasteiger partial charge in [-0.2, -0.15) is 0 Å². The normalized spacial score (nSPS) is 22.2. The van der Waals surface area contributed by atoms with Crippen molar-refractivity contribution in [2.45, 2.75) is 53.0 Å². The van der Waals surface area contributed by atoms with Gasteiger partial charge in [-0.1, -0.05) is 13.8 Å². The van der Waals surface area contributed by atoms with Gasteiger partial charge in [0.1, 0.15) is 0 Å². The molecule has 0 saturated carbocycles. The second-order valence-electron chi connectivity index (χ2n) is 7.29. The molecule has 20 heavy (non-hydrogen) atoms. The predicted molar refractivity (Wildman–Crippen MR) is 81.3 cm³/mol. The summed E-state index contributed by atoms with van der Waals surface area (Å²) in [5.74, 6) is 0.333. The van der Waals surface area contributed by atoms with Gasteiger partial charge in [0.05, 0.1) is 0 Å². The molecular formula is C17H26N2O. The summed E-state index contributed by atoms with van der Waals surface area (Å²) in [4.78, 5) is 14.8. The number of aryl methyl sites for hydroxylation is 1. The zero-order valence-electron chi connectivity index (χ0n) is 13.0. The van der Waals surface area contributed by atoms with Gasteiger partial charge < -0.3 is 9.47 Å². The first-order chi connectivity index (χ1) is 9.46. The van der Waals surface area contributed by atoms with Crippen LogP contribution in [-0.2, 0) is 13.0 Å². The molecule has 0 atom stereocenters. The summed E-state index contributed by atoms with van der Waals surface area (Å²) < 4.78 is 2.40. The largest absolute Gasteiger partial charge is 0.347 e. The van der Waals surface area contributed by atoms with Gasteiger partial charge in [0.25, 0.3) is 0 Å². The number of Topliss-reactive ketones (excluding diaryl/α,β-unsaturated/α-hetero) is 1. The Hall–Kier alpha value is -1.09. The van der Waals surface area contributed by atoms with Gasteiger partial charge in [0, 0.05) is 36.5 Å². The van der Waals surface area contributed by atoms with Gasteiger partial charge in [-0.3, -0.25) is 4.79 Å². The van der Waals surface area contributed by atoms with Crippen LogP contribution in [0.3, 0.4) is 0 Å². The summed E-state index contributed by atoms with van der Waals surface area (Å²) in [5.41, 5.74) is 3.63. The van der Waals surface area contributed by atoms with Crippen molar-refractivity contribution < 1.29 is 4.79 Å². The van der Waals surface area contributed by atoms with E-state index in [2.05, 4.69) is 36.3 Å². The second-order valence-corrected chi connectivity index (χ2v) is 7.29. The lowest BCUT2D eigenvalue weighted by Gasteiger charge is -2.30. The van der Waals surface area contributed by atoms with Crippen molar-refractivity contribution in [3.8, 4) is 0 Å². The number of likely N-dealkylation sites (tertiary alicyclic amines) is 1. The van der Waals surface area contributed by atoms with Crippen molar-refractivity contribution in [3.05, 3.63) is 23.0 Å². The van der Waals surface area contributed by atoms with E-state index in [0.717, 1.165) is 25.1 Å². The standard InChI is InChI=1S/C17H26N2O/c1-13-10-14-15(11-17(2,3)12-16(14)20)19(13)9-8-18-6-4-5-7-18/h10H,4-9,11-12H2,1-3H3. The van der Waals surface area contributed by atoms with Crippen molar-refractivity contribution in [3.63, 3.8) is 0 Å². The molecule has 2 heterocycles. The third-order valence-corrected chi connectivity index (χ3v) is 4.84. The van der Waals surface area contributed by atoms with Gasteiger partial charge in [0.15, 0.2) is 5.78 Å². The fourth-order valence-corrected chi connectivity index (χ4v) is 3.77. The highest BCUT2D eigenvalue weighted by molar-refractivity contribution is 5.99. The van der Waals surface area contributed by atoms with Gasteiger partial charge in [0.2, 0.25) is 0 Å². The molecule has 0 radical (unpaired) electrons. The lowest BCUT2D eigenvalue weighted by Crippen LogP contribution is -2.30. The van der Waals surface area contributed by atoms with Gasteiger partial charge in [-0.25, -0.2) is 0 Å². The number of carbonyl (C=O) groups excluding carboxylic acids is 1. The first kappa shape index (κ1) is 13.9. The zero-order chi connectivity index (χ0) is 14.3. The molecule has 2 aliphatic rings. The Morgan fingerprint density at radius 2 is 1.85 bits per heavy atom. The molecule has 0 unspecified atom stereocenters. The van der Waals surface area contributed by atoms with E-state index in [1.54, 1.807) is 0 Å². The Bertz CT molecular complexity index is 521. The highest BCUT2D eigenvalue weighted by Crippen LogP contribution is 2.36. The molecule has 110 valence electrons. The average Bonchev–Trinajstić information content (AvgIpc) is 2.94. The smallest absolute Gasteiger partial charge is 0.165 e. The van der Waals surface area contributed by atoms with Gasteiger partial charge >= 0.3 is 0 Å². The molecule has 3 rings (SSSR count). The highest BCUT2D eigenvalue weighted by atomic mass is 16.1. The van der Waals surface area contributed by atoms with Crippen LogP contribution in [0.1, 0.15) is 54.9 Å². The number of ketones is 1. The summed E-state index contributed by atoms with van der Waals surface area (Å²) in [6.07, 6.45) is 4.40. The van der Waals surface area contributed by atoms with Crippen molar-refractivity contribution in [1.82, 2.24) is 9.47 Å². The quantitative estimate of drug-likeness (QED) is 0.846. The summed E-state index contributed by atoms with van der Waals surface area (Å²) >= 11 is 0. The number of hydrogen-bond acceptors (Lipinski definition) is 2. The molecule has 1 aromatic rings. The van der Waals surface area contributed by atoms with E-state index in [9.17, 15) is 4.79 Å². The van der Waals surface area contributed by atoms with Crippen LogP contribution >= 0.6 is 0 Å². The molecule has 0 amide bonds. The maximum atomic E-state index is 12.3. The molecule has 0 bridgehead atoms. The summed E-state index contributed by atoms with van der Waals surface area (Å²) in [5, 5.41) is 0. The fraction of sp³-hybridized carbons (Fsp3) is 0.706. The Labute approximate surface area is 122 Å². The molecule has 1 aliphatic heterocycles. The van der Waals surface area contributed by atoms with Crippen molar-refractivity contribution in [2.75, 3.05) is 19.6 Å². The second kappa shape index (κ2) is 5.03. The summed E-state index contributed by atoms with van der Waals surface area (Å²) in [7, 11) is 0. The van der Waals surface area contributed by atoms with Crippen LogP contribution in [0.5, 0.6) is 0 Å². The van der Waals surface area contributed by atoms with Crippen molar-refractivity contribution in [1.29, 1.82) is 0 Å². The van der Waals surface area contributed by atoms with Crippen LogP contribution in [0.25, 0.3) is 0 Å². The van der Waals surface area contributed by atoms with Crippen LogP contribution in [0.2, 0.25) is 0 Å². The van der Waals surface area contributed by atoms with E-state index in [4.69, 9.17) is 0 Å². The monoisotopic (exact) mass is 274 g/mol. The number of fused-ring (bicyclic) bond motifs is 1. The molecule has 3 heteroatoms. The number of rotatable bonds is 3. The third-order valence-electron chi connectivity index (χ3n) is 4.84. The number of hydrogen-bond donors (Lipinski definition) is 0. The average molecular weight is 274 g/mol. The zero-order valence-corrected chi connectivity index (χ0v) is 13.0. The van der Waals surface area contributed by atoms with Gasteiger partial charge in [-0.15, -0.1) is 0 Å². The van der Waals surface area contributed by atoms with Gasteiger partial charge in [-0.05, 0) is 50.8 Å². The Balaban J connectivity index is 1.82. The molecule has 1 saturated heterocycles.